The molecule has 0 saturated heterocycles. The van der Waals surface area contributed by atoms with Gasteiger partial charge in [0.25, 0.3) is 5.91 Å². The Labute approximate surface area is 116 Å². The molecule has 0 unspecified atom stereocenters. The first-order chi connectivity index (χ1) is 10.0. The van der Waals surface area contributed by atoms with E-state index in [0.29, 0.717) is 11.0 Å². The molecule has 0 aliphatic rings. The molecule has 0 spiro atoms. The van der Waals surface area contributed by atoms with Crippen LogP contribution in [0.1, 0.15) is 15.9 Å². The third-order valence-corrected chi connectivity index (χ3v) is 3.13. The van der Waals surface area contributed by atoms with Crippen LogP contribution in [0.2, 0.25) is 0 Å². The predicted molar refractivity (Wildman–Crippen MR) is 74.9 cm³/mol. The Bertz CT molecular complexity index is 1000. The Morgan fingerprint density at radius 3 is 2.57 bits per heavy atom. The highest BCUT2D eigenvalue weighted by Crippen LogP contribution is 2.23. The van der Waals surface area contributed by atoms with Crippen molar-refractivity contribution in [3.8, 4) is 0 Å². The van der Waals surface area contributed by atoms with Gasteiger partial charge < -0.3 is 8.83 Å². The second-order valence-corrected chi connectivity index (χ2v) is 4.55. The van der Waals surface area contributed by atoms with Crippen molar-refractivity contribution >= 4 is 27.8 Å². The summed E-state index contributed by atoms with van der Waals surface area (Å²) in [5.74, 6) is 4.14. The van der Waals surface area contributed by atoms with Crippen LogP contribution in [0, 0.1) is 6.92 Å². The summed E-state index contributed by atoms with van der Waals surface area (Å²) in [4.78, 5) is 35.3. The second-order valence-electron chi connectivity index (χ2n) is 4.55. The van der Waals surface area contributed by atoms with Crippen molar-refractivity contribution in [2.24, 2.45) is 5.84 Å². The number of rotatable bonds is 1. The van der Waals surface area contributed by atoms with Crippen LogP contribution in [0.25, 0.3) is 21.9 Å². The number of nitrogens with one attached hydrogen (secondary N) is 1. The third kappa shape index (κ3) is 2.00. The van der Waals surface area contributed by atoms with Crippen molar-refractivity contribution < 1.29 is 13.6 Å². The second kappa shape index (κ2) is 4.57. The molecule has 3 N–H and O–H groups in total. The molecule has 106 valence electrons. The average Bonchev–Trinajstić information content (AvgIpc) is 2.45. The number of amides is 1. The zero-order valence-corrected chi connectivity index (χ0v) is 10.9. The van der Waals surface area contributed by atoms with E-state index in [4.69, 9.17) is 14.7 Å². The summed E-state index contributed by atoms with van der Waals surface area (Å²) in [6.07, 6.45) is 0. The van der Waals surface area contributed by atoms with Gasteiger partial charge in [-0.05, 0) is 30.7 Å². The number of carbonyl (C=O) groups excluding carboxylic acids is 1. The van der Waals surface area contributed by atoms with Crippen LogP contribution in [0.4, 0.5) is 0 Å². The monoisotopic (exact) mass is 286 g/mol. The van der Waals surface area contributed by atoms with Gasteiger partial charge in [0.05, 0.1) is 5.39 Å². The lowest BCUT2D eigenvalue weighted by molar-refractivity contribution is 0.0950. The lowest BCUT2D eigenvalue weighted by atomic mass is 10.1. The number of nitrogens with two attached hydrogens (primary N) is 1. The van der Waals surface area contributed by atoms with E-state index < -0.39 is 17.2 Å². The Morgan fingerprint density at radius 2 is 1.86 bits per heavy atom. The van der Waals surface area contributed by atoms with Crippen molar-refractivity contribution in [2.75, 3.05) is 0 Å². The van der Waals surface area contributed by atoms with Gasteiger partial charge in [-0.15, -0.1) is 0 Å². The first kappa shape index (κ1) is 13.1. The lowest BCUT2D eigenvalue weighted by Gasteiger charge is -2.03. The standard InChI is InChI=1S/C14H10N2O5/c1-6-2-3-7-10(4-6)20-13(18)8-5-9(12(17)16-15)14(19)21-11(7)8/h2-5H,15H2,1H3,(H,16,17). The fourth-order valence-corrected chi connectivity index (χ4v) is 2.12. The summed E-state index contributed by atoms with van der Waals surface area (Å²) >= 11 is 0. The van der Waals surface area contributed by atoms with Crippen LogP contribution in [0.5, 0.6) is 0 Å². The van der Waals surface area contributed by atoms with E-state index in [1.54, 1.807) is 18.2 Å². The molecule has 0 saturated carbocycles. The maximum absolute atomic E-state index is 12.0. The number of hydrogen-bond acceptors (Lipinski definition) is 6. The molecule has 0 aliphatic heterocycles. The van der Waals surface area contributed by atoms with Crippen LogP contribution in [0.15, 0.2) is 42.7 Å². The normalized spacial score (nSPS) is 11.0. The molecule has 3 rings (SSSR count). The van der Waals surface area contributed by atoms with Gasteiger partial charge in [-0.2, -0.15) is 0 Å². The summed E-state index contributed by atoms with van der Waals surface area (Å²) in [6.45, 7) is 1.84. The minimum absolute atomic E-state index is 0.00422. The first-order valence-corrected chi connectivity index (χ1v) is 6.03. The Balaban J connectivity index is 2.49. The van der Waals surface area contributed by atoms with Crippen molar-refractivity contribution in [3.05, 3.63) is 56.2 Å². The topological polar surface area (TPSA) is 116 Å². The number of carbonyl (C=O) groups is 1. The third-order valence-electron chi connectivity index (χ3n) is 3.13. The van der Waals surface area contributed by atoms with Gasteiger partial charge >= 0.3 is 11.3 Å². The SMILES string of the molecule is Cc1ccc2c(c1)oc(=O)c1cc(C(=O)NN)c(=O)oc12. The van der Waals surface area contributed by atoms with Gasteiger partial charge in [0.1, 0.15) is 16.5 Å². The van der Waals surface area contributed by atoms with E-state index in [1.165, 1.54) is 0 Å². The predicted octanol–water partition coefficient (Wildman–Crippen LogP) is 0.811. The van der Waals surface area contributed by atoms with E-state index in [9.17, 15) is 14.4 Å². The maximum Gasteiger partial charge on any atom is 0.349 e. The molecule has 1 amide bonds. The minimum atomic E-state index is -0.877. The minimum Gasteiger partial charge on any atom is -0.422 e. The molecular weight excluding hydrogens is 276 g/mol. The fraction of sp³-hybridized carbons (Fsp3) is 0.0714. The highest BCUT2D eigenvalue weighted by molar-refractivity contribution is 6.03. The van der Waals surface area contributed by atoms with Gasteiger partial charge in [0.2, 0.25) is 0 Å². The van der Waals surface area contributed by atoms with Crippen LogP contribution >= 0.6 is 0 Å². The highest BCUT2D eigenvalue weighted by Gasteiger charge is 2.17. The number of hydrazine groups is 1. The van der Waals surface area contributed by atoms with Gasteiger partial charge in [-0.25, -0.2) is 15.4 Å². The van der Waals surface area contributed by atoms with Gasteiger partial charge in [0, 0.05) is 0 Å². The summed E-state index contributed by atoms with van der Waals surface area (Å²) < 4.78 is 10.3. The zero-order valence-electron chi connectivity index (χ0n) is 10.9. The Kier molecular flexibility index (Phi) is 2.84. The molecule has 2 heterocycles. The molecule has 3 aromatic rings. The molecule has 0 fully saturated rings. The molecule has 7 nitrogen and oxygen atoms in total. The van der Waals surface area contributed by atoms with Crippen LogP contribution < -0.4 is 22.5 Å². The fourth-order valence-electron chi connectivity index (χ4n) is 2.12. The largest absolute Gasteiger partial charge is 0.422 e. The number of fused-ring (bicyclic) bond motifs is 3. The lowest BCUT2D eigenvalue weighted by Crippen LogP contribution is -2.33. The van der Waals surface area contributed by atoms with E-state index in [2.05, 4.69) is 0 Å². The molecule has 1 aromatic carbocycles. The summed E-state index contributed by atoms with van der Waals surface area (Å²) in [7, 11) is 0. The Morgan fingerprint density at radius 1 is 1.10 bits per heavy atom. The molecule has 0 atom stereocenters. The number of benzene rings is 1. The molecule has 21 heavy (non-hydrogen) atoms. The van der Waals surface area contributed by atoms with Crippen LogP contribution in [0.3, 0.4) is 0 Å². The smallest absolute Gasteiger partial charge is 0.349 e. The zero-order chi connectivity index (χ0) is 15.1. The van der Waals surface area contributed by atoms with Gasteiger partial charge in [-0.3, -0.25) is 10.2 Å². The number of hydrogen-bond donors (Lipinski definition) is 2. The van der Waals surface area contributed by atoms with Crippen LogP contribution in [-0.2, 0) is 0 Å². The number of aryl methyl sites for hydroxylation is 1. The maximum atomic E-state index is 12.0. The summed E-state index contributed by atoms with van der Waals surface area (Å²) in [5, 5.41) is 0.483. The van der Waals surface area contributed by atoms with Gasteiger partial charge in [0.15, 0.2) is 5.58 Å². The Hall–Kier alpha value is -2.93. The molecule has 2 aromatic heterocycles. The van der Waals surface area contributed by atoms with Gasteiger partial charge in [-0.1, -0.05) is 6.07 Å². The van der Waals surface area contributed by atoms with E-state index in [-0.39, 0.29) is 16.5 Å². The van der Waals surface area contributed by atoms with Crippen molar-refractivity contribution in [1.82, 2.24) is 5.43 Å². The van der Waals surface area contributed by atoms with E-state index in [0.717, 1.165) is 11.6 Å². The van der Waals surface area contributed by atoms with Crippen LogP contribution in [-0.4, -0.2) is 5.91 Å². The number of nitrogen functional groups attached to an aromatic ring is 1. The highest BCUT2D eigenvalue weighted by atomic mass is 16.4. The van der Waals surface area contributed by atoms with E-state index >= 15 is 0 Å². The molecule has 0 aliphatic carbocycles. The molecular formula is C14H10N2O5. The first-order valence-electron chi connectivity index (χ1n) is 6.03. The summed E-state index contributed by atoms with van der Waals surface area (Å²) in [6, 6.07) is 6.26. The summed E-state index contributed by atoms with van der Waals surface area (Å²) in [5.41, 5.74) is 1.18. The molecule has 0 radical (unpaired) electrons. The van der Waals surface area contributed by atoms with Crippen molar-refractivity contribution in [1.29, 1.82) is 0 Å². The quantitative estimate of drug-likeness (QED) is 0.225. The molecule has 0 bridgehead atoms. The van der Waals surface area contributed by atoms with Crippen molar-refractivity contribution in [3.63, 3.8) is 0 Å². The average molecular weight is 286 g/mol. The van der Waals surface area contributed by atoms with E-state index in [1.807, 2.05) is 12.3 Å². The molecule has 7 heteroatoms. The van der Waals surface area contributed by atoms with Crippen molar-refractivity contribution in [2.45, 2.75) is 6.92 Å².